The lowest BCUT2D eigenvalue weighted by atomic mass is 10.1. The van der Waals surface area contributed by atoms with Gasteiger partial charge in [-0.05, 0) is 27.7 Å². The van der Waals surface area contributed by atoms with Crippen LogP contribution in [0.3, 0.4) is 0 Å². The Kier molecular flexibility index (Phi) is 5.73. The molecule has 1 aromatic rings. The Morgan fingerprint density at radius 1 is 1.40 bits per heavy atom. The van der Waals surface area contributed by atoms with E-state index in [4.69, 9.17) is 14.0 Å². The molecule has 0 aliphatic heterocycles. The van der Waals surface area contributed by atoms with Crippen LogP contribution in [-0.2, 0) is 19.9 Å². The van der Waals surface area contributed by atoms with E-state index in [0.29, 0.717) is 24.8 Å². The molecule has 1 aromatic heterocycles. The van der Waals surface area contributed by atoms with Gasteiger partial charge in [-0.1, -0.05) is 21.1 Å². The lowest BCUT2D eigenvalue weighted by Crippen LogP contribution is -2.30. The van der Waals surface area contributed by atoms with E-state index in [1.807, 2.05) is 13.8 Å². The molecule has 0 aliphatic carbocycles. The molecule has 20 heavy (non-hydrogen) atoms. The lowest BCUT2D eigenvalue weighted by molar-refractivity contribution is -0.117. The van der Waals surface area contributed by atoms with Crippen LogP contribution in [0.15, 0.2) is 10.6 Å². The Morgan fingerprint density at radius 2 is 2.05 bits per heavy atom. The summed E-state index contributed by atoms with van der Waals surface area (Å²) in [7, 11) is 1.61. The Hall–Kier alpha value is -0.920. The average molecular weight is 349 g/mol. The fourth-order valence-electron chi connectivity index (χ4n) is 1.33. The number of halogens is 1. The molecular weight excluding hydrogens is 328 g/mol. The maximum atomic E-state index is 11.8. The monoisotopic (exact) mass is 348 g/mol. The normalized spacial score (nSPS) is 12.5. The second-order valence-corrected chi connectivity index (χ2v) is 7.34. The summed E-state index contributed by atoms with van der Waals surface area (Å²) in [5.74, 6) is 0.0826. The molecule has 0 saturated heterocycles. The highest BCUT2D eigenvalue weighted by atomic mass is 79.9. The number of hydrogen-bond donors (Lipinski definition) is 1. The summed E-state index contributed by atoms with van der Waals surface area (Å²) in [6.07, 6.45) is 0. The summed E-state index contributed by atoms with van der Waals surface area (Å²) in [6, 6.07) is 1.66. The highest BCUT2D eigenvalue weighted by Crippen LogP contribution is 2.27. The van der Waals surface area contributed by atoms with Gasteiger partial charge in [0.25, 0.3) is 0 Å². The summed E-state index contributed by atoms with van der Waals surface area (Å²) >= 11 is 3.28. The molecule has 0 radical (unpaired) electrons. The van der Waals surface area contributed by atoms with E-state index in [-0.39, 0.29) is 5.91 Å². The van der Waals surface area contributed by atoms with Crippen LogP contribution in [0, 0.1) is 0 Å². The molecule has 1 amide bonds. The van der Waals surface area contributed by atoms with Gasteiger partial charge in [-0.3, -0.25) is 10.1 Å². The predicted octanol–water partition coefficient (Wildman–Crippen LogP) is 2.68. The number of methoxy groups -OCH3 is 1. The number of carbonyl (C=O) groups is 1. The van der Waals surface area contributed by atoms with Crippen molar-refractivity contribution in [3.63, 3.8) is 0 Å². The first-order chi connectivity index (χ1) is 9.16. The van der Waals surface area contributed by atoms with Crippen molar-refractivity contribution >= 4 is 27.7 Å². The first-order valence-corrected chi connectivity index (χ1v) is 7.06. The number of carbonyl (C=O) groups excluding carboxylic acids is 1. The number of hydrogen-bond acceptors (Lipinski definition) is 5. The van der Waals surface area contributed by atoms with E-state index < -0.39 is 9.93 Å². The maximum Gasteiger partial charge on any atom is 0.243 e. The first kappa shape index (κ1) is 17.1. The Balaban J connectivity index is 2.69. The third-order valence-electron chi connectivity index (χ3n) is 2.65. The quantitative estimate of drug-likeness (QED) is 0.605. The topological polar surface area (TPSA) is 73.6 Å². The third-order valence-corrected chi connectivity index (χ3v) is 3.01. The fraction of sp³-hybridized carbons (Fsp3) is 0.692. The molecule has 114 valence electrons. The highest BCUT2D eigenvalue weighted by molar-refractivity contribution is 9.10. The van der Waals surface area contributed by atoms with Gasteiger partial charge in [-0.15, -0.1) is 0 Å². The lowest BCUT2D eigenvalue weighted by Gasteiger charge is -2.22. The van der Waals surface area contributed by atoms with E-state index in [1.54, 1.807) is 27.0 Å². The number of anilines is 1. The van der Waals surface area contributed by atoms with Gasteiger partial charge in [0.2, 0.25) is 11.8 Å². The van der Waals surface area contributed by atoms with E-state index in [9.17, 15) is 4.79 Å². The van der Waals surface area contributed by atoms with Crippen LogP contribution in [0.25, 0.3) is 0 Å². The SMILES string of the molecule is COCCOC(C)(C)c1cc(NC(=O)C(C)(C)Br)on1. The van der Waals surface area contributed by atoms with Crippen LogP contribution in [0.2, 0.25) is 0 Å². The average Bonchev–Trinajstić information content (AvgIpc) is 2.77. The Labute approximate surface area is 127 Å². The largest absolute Gasteiger partial charge is 0.382 e. The van der Waals surface area contributed by atoms with Crippen molar-refractivity contribution in [1.29, 1.82) is 0 Å². The van der Waals surface area contributed by atoms with E-state index in [0.717, 1.165) is 0 Å². The maximum absolute atomic E-state index is 11.8. The molecule has 0 atom stereocenters. The Bertz CT molecular complexity index is 451. The summed E-state index contributed by atoms with van der Waals surface area (Å²) in [5.41, 5.74) is -0.00848. The molecule has 1 N–H and O–H groups in total. The molecule has 0 aromatic carbocycles. The van der Waals surface area contributed by atoms with Crippen LogP contribution >= 0.6 is 15.9 Å². The molecule has 0 unspecified atom stereocenters. The third kappa shape index (κ3) is 4.88. The van der Waals surface area contributed by atoms with Gasteiger partial charge in [0.05, 0.1) is 17.5 Å². The van der Waals surface area contributed by atoms with E-state index in [2.05, 4.69) is 26.4 Å². The first-order valence-electron chi connectivity index (χ1n) is 6.27. The molecule has 0 saturated carbocycles. The minimum absolute atomic E-state index is 0.210. The van der Waals surface area contributed by atoms with Crippen molar-refractivity contribution in [3.8, 4) is 0 Å². The smallest absolute Gasteiger partial charge is 0.243 e. The highest BCUT2D eigenvalue weighted by Gasteiger charge is 2.28. The summed E-state index contributed by atoms with van der Waals surface area (Å²) in [5, 5.41) is 6.58. The van der Waals surface area contributed by atoms with Gasteiger partial charge in [-0.25, -0.2) is 0 Å². The second-order valence-electron chi connectivity index (χ2n) is 5.35. The summed E-state index contributed by atoms with van der Waals surface area (Å²) in [4.78, 5) is 11.8. The van der Waals surface area contributed by atoms with E-state index >= 15 is 0 Å². The molecular formula is C13H21BrN2O4. The van der Waals surface area contributed by atoms with Gasteiger partial charge < -0.3 is 14.0 Å². The molecule has 0 aliphatic rings. The van der Waals surface area contributed by atoms with Crippen LogP contribution in [-0.4, -0.2) is 35.7 Å². The van der Waals surface area contributed by atoms with Crippen molar-refractivity contribution in [2.75, 3.05) is 25.6 Å². The Morgan fingerprint density at radius 3 is 2.60 bits per heavy atom. The minimum atomic E-state index is -0.676. The van der Waals surface area contributed by atoms with Crippen LogP contribution < -0.4 is 5.32 Å². The number of nitrogens with zero attached hydrogens (tertiary/aromatic N) is 1. The van der Waals surface area contributed by atoms with Crippen LogP contribution in [0.5, 0.6) is 0 Å². The van der Waals surface area contributed by atoms with Gasteiger partial charge in [-0.2, -0.15) is 0 Å². The van der Waals surface area contributed by atoms with Gasteiger partial charge in [0.15, 0.2) is 0 Å². The van der Waals surface area contributed by atoms with Crippen LogP contribution in [0.1, 0.15) is 33.4 Å². The molecule has 0 fully saturated rings. The zero-order valence-corrected chi connectivity index (χ0v) is 14.0. The minimum Gasteiger partial charge on any atom is -0.382 e. The zero-order valence-electron chi connectivity index (χ0n) is 12.4. The molecule has 1 heterocycles. The number of alkyl halides is 1. The standard InChI is InChI=1S/C13H21BrN2O4/c1-12(2,14)11(17)15-10-8-9(16-20-10)13(3,4)19-7-6-18-5/h8H,6-7H2,1-5H3,(H,15,17). The number of amides is 1. The van der Waals surface area contributed by atoms with Crippen molar-refractivity contribution in [3.05, 3.63) is 11.8 Å². The zero-order chi connectivity index (χ0) is 15.4. The van der Waals surface area contributed by atoms with E-state index in [1.165, 1.54) is 0 Å². The fourth-order valence-corrected chi connectivity index (χ4v) is 1.43. The number of rotatable bonds is 7. The molecule has 7 heteroatoms. The van der Waals surface area contributed by atoms with Crippen molar-refractivity contribution in [2.24, 2.45) is 0 Å². The summed E-state index contributed by atoms with van der Waals surface area (Å²) in [6.45, 7) is 8.20. The molecule has 0 bridgehead atoms. The molecule has 1 rings (SSSR count). The molecule has 0 spiro atoms. The van der Waals surface area contributed by atoms with Gasteiger partial charge in [0, 0.05) is 13.2 Å². The second kappa shape index (κ2) is 6.69. The number of nitrogens with one attached hydrogen (secondary N) is 1. The van der Waals surface area contributed by atoms with Crippen molar-refractivity contribution in [2.45, 2.75) is 37.6 Å². The van der Waals surface area contributed by atoms with Crippen molar-refractivity contribution in [1.82, 2.24) is 5.16 Å². The van der Waals surface area contributed by atoms with Crippen LogP contribution in [0.4, 0.5) is 5.88 Å². The number of aromatic nitrogens is 1. The number of ether oxygens (including phenoxy) is 2. The van der Waals surface area contributed by atoms with Gasteiger partial charge >= 0.3 is 0 Å². The van der Waals surface area contributed by atoms with Gasteiger partial charge in [0.1, 0.15) is 11.3 Å². The van der Waals surface area contributed by atoms with Crippen molar-refractivity contribution < 1.29 is 18.8 Å². The molecule has 6 nitrogen and oxygen atoms in total. The summed E-state index contributed by atoms with van der Waals surface area (Å²) < 4.78 is 15.0. The predicted molar refractivity (Wildman–Crippen MR) is 79.0 cm³/mol.